The molecule has 0 amide bonds. The van der Waals surface area contributed by atoms with Gasteiger partial charge in [0, 0.05) is 19.3 Å². The molecule has 0 aromatic carbocycles. The molecule has 0 aromatic heterocycles. The summed E-state index contributed by atoms with van der Waals surface area (Å²) in [5.74, 6) is 2.52. The van der Waals surface area contributed by atoms with Crippen molar-refractivity contribution in [1.82, 2.24) is 0 Å². The summed E-state index contributed by atoms with van der Waals surface area (Å²) >= 11 is 0. The van der Waals surface area contributed by atoms with Crippen molar-refractivity contribution in [3.05, 3.63) is 0 Å². The molecule has 0 bridgehead atoms. The molecule has 4 rings (SSSR count). The fourth-order valence-corrected chi connectivity index (χ4v) is 8.54. The Balaban J connectivity index is 1.56. The van der Waals surface area contributed by atoms with E-state index in [9.17, 15) is 14.7 Å². The second-order valence-corrected chi connectivity index (χ2v) is 11.2. The number of carboxylic acid groups (broad SMARTS) is 1. The van der Waals surface area contributed by atoms with Crippen LogP contribution < -0.4 is 0 Å². The molecule has 0 heterocycles. The molecule has 9 atom stereocenters. The smallest absolute Gasteiger partial charge is 0.303 e. The van der Waals surface area contributed by atoms with E-state index in [4.69, 9.17) is 5.11 Å². The second kappa shape index (κ2) is 7.11. The first-order valence-corrected chi connectivity index (χ1v) is 11.6. The number of carboxylic acids is 1. The van der Waals surface area contributed by atoms with Crippen molar-refractivity contribution in [1.29, 1.82) is 0 Å². The third kappa shape index (κ3) is 3.05. The number of aliphatic carboxylic acids is 1. The molecule has 0 aromatic rings. The van der Waals surface area contributed by atoms with E-state index in [0.29, 0.717) is 47.7 Å². The van der Waals surface area contributed by atoms with Gasteiger partial charge >= 0.3 is 5.97 Å². The minimum Gasteiger partial charge on any atom is -0.481 e. The van der Waals surface area contributed by atoms with Gasteiger partial charge in [0.2, 0.25) is 0 Å². The number of hydrogen-bond acceptors (Lipinski definition) is 3. The summed E-state index contributed by atoms with van der Waals surface area (Å²) in [7, 11) is 0. The molecule has 4 saturated carbocycles. The average molecular weight is 391 g/mol. The lowest BCUT2D eigenvalue weighted by Crippen LogP contribution is -2.58. The largest absolute Gasteiger partial charge is 0.481 e. The van der Waals surface area contributed by atoms with Crippen molar-refractivity contribution >= 4 is 11.8 Å². The highest BCUT2D eigenvalue weighted by Crippen LogP contribution is 2.68. The van der Waals surface area contributed by atoms with Crippen molar-refractivity contribution in [3.8, 4) is 0 Å². The van der Waals surface area contributed by atoms with Gasteiger partial charge in [0.1, 0.15) is 5.78 Å². The molecule has 2 N–H and O–H groups in total. The lowest BCUT2D eigenvalue weighted by Gasteiger charge is -2.62. The number of carbonyl (C=O) groups excluding carboxylic acids is 1. The number of fused-ring (bicyclic) bond motifs is 5. The van der Waals surface area contributed by atoms with Gasteiger partial charge in [0.25, 0.3) is 0 Å². The molecule has 28 heavy (non-hydrogen) atoms. The minimum atomic E-state index is -0.691. The molecule has 4 aliphatic rings. The monoisotopic (exact) mass is 390 g/mol. The summed E-state index contributed by atoms with van der Waals surface area (Å²) in [6, 6.07) is 0. The Kier molecular flexibility index (Phi) is 5.17. The molecule has 4 nitrogen and oxygen atoms in total. The third-order valence-corrected chi connectivity index (χ3v) is 10.1. The maximum absolute atomic E-state index is 12.1. The van der Waals surface area contributed by atoms with Crippen LogP contribution in [0.25, 0.3) is 0 Å². The van der Waals surface area contributed by atoms with Crippen molar-refractivity contribution in [2.75, 3.05) is 0 Å². The first kappa shape index (κ1) is 20.4. The van der Waals surface area contributed by atoms with Gasteiger partial charge in [-0.05, 0) is 91.3 Å². The van der Waals surface area contributed by atoms with E-state index in [1.807, 2.05) is 0 Å². The number of rotatable bonds is 4. The fourth-order valence-electron chi connectivity index (χ4n) is 8.54. The van der Waals surface area contributed by atoms with Crippen molar-refractivity contribution in [2.45, 2.75) is 91.1 Å². The minimum absolute atomic E-state index is 0.214. The van der Waals surface area contributed by atoms with Gasteiger partial charge in [-0.3, -0.25) is 9.59 Å². The Morgan fingerprint density at radius 3 is 2.57 bits per heavy atom. The summed E-state index contributed by atoms with van der Waals surface area (Å²) in [4.78, 5) is 23.1. The second-order valence-electron chi connectivity index (χ2n) is 11.2. The first-order valence-electron chi connectivity index (χ1n) is 11.6. The number of carbonyl (C=O) groups is 2. The van der Waals surface area contributed by atoms with Gasteiger partial charge in [-0.1, -0.05) is 20.8 Å². The molecule has 4 fully saturated rings. The molecular weight excluding hydrogens is 352 g/mol. The van der Waals surface area contributed by atoms with Gasteiger partial charge < -0.3 is 10.2 Å². The Morgan fingerprint density at radius 1 is 1.14 bits per heavy atom. The van der Waals surface area contributed by atoms with Crippen LogP contribution in [0.4, 0.5) is 0 Å². The van der Waals surface area contributed by atoms with Gasteiger partial charge in [-0.2, -0.15) is 0 Å². The molecule has 0 spiro atoms. The highest BCUT2D eigenvalue weighted by atomic mass is 16.4. The maximum Gasteiger partial charge on any atom is 0.303 e. The molecule has 0 saturated heterocycles. The Hall–Kier alpha value is -0.900. The molecule has 0 radical (unpaired) electrons. The standard InChI is InChI=1S/C24H38O4/c1-14(4-7-21(27)28)17-5-6-18-22-19(9-11-24(17,18)3)23(2)10-8-16(25)12-15(23)13-20(22)26/h14-15,17-20,22,26H,4-13H2,1-3H3,(H,27,28)/t14-,15?,17-,18+,19+,20+,22+,23+,24-/m1/s1. The van der Waals surface area contributed by atoms with Crippen LogP contribution in [0.1, 0.15) is 85.0 Å². The van der Waals surface area contributed by atoms with Gasteiger partial charge in [-0.25, -0.2) is 0 Å². The fraction of sp³-hybridized carbons (Fsp3) is 0.917. The zero-order valence-electron chi connectivity index (χ0n) is 17.8. The Morgan fingerprint density at radius 2 is 1.86 bits per heavy atom. The zero-order chi connectivity index (χ0) is 20.3. The first-order chi connectivity index (χ1) is 13.2. The summed E-state index contributed by atoms with van der Waals surface area (Å²) in [5.41, 5.74) is 0.444. The summed E-state index contributed by atoms with van der Waals surface area (Å²) in [5, 5.41) is 20.3. The molecule has 1 unspecified atom stereocenters. The van der Waals surface area contributed by atoms with E-state index < -0.39 is 5.97 Å². The van der Waals surface area contributed by atoms with E-state index in [-0.39, 0.29) is 23.4 Å². The quantitative estimate of drug-likeness (QED) is 0.730. The molecule has 158 valence electrons. The average Bonchev–Trinajstić information content (AvgIpc) is 2.98. The van der Waals surface area contributed by atoms with Gasteiger partial charge in [0.15, 0.2) is 0 Å². The molecule has 4 aliphatic carbocycles. The molecule has 4 heteroatoms. The third-order valence-electron chi connectivity index (χ3n) is 10.1. The van der Waals surface area contributed by atoms with Crippen LogP contribution in [0, 0.1) is 46.3 Å². The van der Waals surface area contributed by atoms with Crippen molar-refractivity contribution in [2.24, 2.45) is 46.3 Å². The summed E-state index contributed by atoms with van der Waals surface area (Å²) in [6.45, 7) is 7.10. The topological polar surface area (TPSA) is 74.6 Å². The van der Waals surface area contributed by atoms with Crippen LogP contribution in [-0.4, -0.2) is 28.1 Å². The predicted octanol–water partition coefficient (Wildman–Crippen LogP) is 4.69. The van der Waals surface area contributed by atoms with Crippen molar-refractivity contribution < 1.29 is 19.8 Å². The molecule has 0 aliphatic heterocycles. The van der Waals surface area contributed by atoms with Crippen molar-refractivity contribution in [3.63, 3.8) is 0 Å². The zero-order valence-corrected chi connectivity index (χ0v) is 17.8. The predicted molar refractivity (Wildman–Crippen MR) is 108 cm³/mol. The van der Waals surface area contributed by atoms with Crippen LogP contribution in [0.15, 0.2) is 0 Å². The van der Waals surface area contributed by atoms with E-state index in [0.717, 1.165) is 32.1 Å². The number of aliphatic hydroxyl groups excluding tert-OH is 1. The maximum atomic E-state index is 12.1. The summed E-state index contributed by atoms with van der Waals surface area (Å²) in [6.07, 6.45) is 8.68. The van der Waals surface area contributed by atoms with Crippen LogP contribution in [0.3, 0.4) is 0 Å². The normalized spacial score (nSPS) is 49.1. The molecular formula is C24H38O4. The van der Waals surface area contributed by atoms with E-state index in [1.165, 1.54) is 19.3 Å². The van der Waals surface area contributed by atoms with Gasteiger partial charge in [-0.15, -0.1) is 0 Å². The van der Waals surface area contributed by atoms with E-state index in [2.05, 4.69) is 20.8 Å². The SMILES string of the molecule is C[C@H](CCC(=O)O)[C@H]1CC[C@H]2[C@@H]3[C@@H](O)CC4CC(=O)CC[C@]4(C)[C@H]3CC[C@]12C. The summed E-state index contributed by atoms with van der Waals surface area (Å²) < 4.78 is 0. The highest BCUT2D eigenvalue weighted by Gasteiger charge is 2.62. The number of aliphatic hydroxyl groups is 1. The van der Waals surface area contributed by atoms with Gasteiger partial charge in [0.05, 0.1) is 6.10 Å². The Bertz CT molecular complexity index is 645. The lowest BCUT2D eigenvalue weighted by molar-refractivity contribution is -0.169. The van der Waals surface area contributed by atoms with Crippen LogP contribution in [0.5, 0.6) is 0 Å². The number of hydrogen-bond donors (Lipinski definition) is 2. The van der Waals surface area contributed by atoms with E-state index >= 15 is 0 Å². The van der Waals surface area contributed by atoms with Crippen LogP contribution in [0.2, 0.25) is 0 Å². The highest BCUT2D eigenvalue weighted by molar-refractivity contribution is 5.79. The van der Waals surface area contributed by atoms with E-state index in [1.54, 1.807) is 0 Å². The number of Topliss-reactive ketones (excluding diaryl/α,β-unsaturated/α-hetero) is 1. The van der Waals surface area contributed by atoms with Crippen LogP contribution in [-0.2, 0) is 9.59 Å². The lowest BCUT2D eigenvalue weighted by atomic mass is 9.44. The van der Waals surface area contributed by atoms with Crippen LogP contribution >= 0.6 is 0 Å². The Labute approximate surface area is 169 Å². The number of ketones is 1.